The number of carbonyl (C=O) groups is 2. The molecule has 4 unspecified atom stereocenters. The van der Waals surface area contributed by atoms with Crippen molar-refractivity contribution in [1.82, 2.24) is 4.90 Å². The molecule has 288 valence electrons. The van der Waals surface area contributed by atoms with Crippen molar-refractivity contribution < 1.29 is 29.0 Å². The molecule has 0 saturated heterocycles. The molecule has 8 heteroatoms. The summed E-state index contributed by atoms with van der Waals surface area (Å²) in [5, 5.41) is 27.5. The quantitative estimate of drug-likeness (QED) is 0.157. The second kappa shape index (κ2) is 14.6. The van der Waals surface area contributed by atoms with E-state index in [0.717, 1.165) is 66.7 Å². The van der Waals surface area contributed by atoms with Crippen LogP contribution in [0.4, 0.5) is 10.5 Å². The third-order valence-corrected chi connectivity index (χ3v) is 14.4. The summed E-state index contributed by atoms with van der Waals surface area (Å²) in [5.74, 6) is 2.90. The van der Waals surface area contributed by atoms with Crippen LogP contribution >= 0.6 is 0 Å². The Balaban J connectivity index is 1.17. The Morgan fingerprint density at radius 2 is 1.69 bits per heavy atom. The van der Waals surface area contributed by atoms with Gasteiger partial charge < -0.3 is 29.6 Å². The number of methoxy groups -OCH3 is 1. The molecule has 8 nitrogen and oxygen atoms in total. The van der Waals surface area contributed by atoms with Crippen LogP contribution in [-0.2, 0) is 6.42 Å². The molecule has 7 aliphatic rings. The summed E-state index contributed by atoms with van der Waals surface area (Å²) >= 11 is 0. The van der Waals surface area contributed by atoms with E-state index in [0.29, 0.717) is 49.9 Å². The minimum absolute atomic E-state index is 0.0768. The van der Waals surface area contributed by atoms with E-state index in [1.807, 2.05) is 41.3 Å². The van der Waals surface area contributed by atoms with Crippen LogP contribution in [0.1, 0.15) is 124 Å². The average molecular weight is 735 g/mol. The molecule has 1 heterocycles. The van der Waals surface area contributed by atoms with Crippen molar-refractivity contribution in [2.24, 2.45) is 28.6 Å². The van der Waals surface area contributed by atoms with Crippen LogP contribution in [0.3, 0.4) is 0 Å². The summed E-state index contributed by atoms with van der Waals surface area (Å²) in [6, 6.07) is 16.8. The van der Waals surface area contributed by atoms with E-state index in [1.54, 1.807) is 19.2 Å². The maximum Gasteiger partial charge on any atom is 0.321 e. The number of fused-ring (bicyclic) bond motifs is 8. The second-order valence-corrected chi connectivity index (χ2v) is 18.2. The van der Waals surface area contributed by atoms with Crippen molar-refractivity contribution in [3.05, 3.63) is 95.0 Å². The molecule has 5 saturated carbocycles. The summed E-state index contributed by atoms with van der Waals surface area (Å²) in [4.78, 5) is 30.7. The van der Waals surface area contributed by atoms with E-state index in [9.17, 15) is 19.8 Å². The lowest BCUT2D eigenvalue weighted by Gasteiger charge is -2.58. The van der Waals surface area contributed by atoms with E-state index in [2.05, 4.69) is 31.3 Å². The zero-order valence-electron chi connectivity index (χ0n) is 32.3. The number of ketones is 1. The van der Waals surface area contributed by atoms with Crippen molar-refractivity contribution in [2.45, 2.75) is 115 Å². The van der Waals surface area contributed by atoms with Crippen molar-refractivity contribution in [1.29, 1.82) is 0 Å². The zero-order chi connectivity index (χ0) is 37.7. The SMILES string of the molecule is COc1ccc(NC(=O)N(CC23CC4CC(CC(C4)C2)C3)CC2(O)CCC3c4ccc(cc4C(=O)c4ccco4)CC(O)CCC(C)=CCCC32C)cc1. The molecule has 10 rings (SSSR count). The highest BCUT2D eigenvalue weighted by Gasteiger charge is 2.59. The van der Waals surface area contributed by atoms with Gasteiger partial charge in [0.25, 0.3) is 0 Å². The van der Waals surface area contributed by atoms with Crippen molar-refractivity contribution in [3.8, 4) is 5.75 Å². The van der Waals surface area contributed by atoms with E-state index in [-0.39, 0.29) is 35.5 Å². The third-order valence-electron chi connectivity index (χ3n) is 14.4. The number of ether oxygens (including phenoxy) is 1. The number of hydrogen-bond donors (Lipinski definition) is 3. The van der Waals surface area contributed by atoms with Gasteiger partial charge in [0.05, 0.1) is 31.6 Å². The summed E-state index contributed by atoms with van der Waals surface area (Å²) in [6.07, 6.45) is 15.2. The van der Waals surface area contributed by atoms with E-state index >= 15 is 0 Å². The van der Waals surface area contributed by atoms with Crippen LogP contribution in [0.15, 0.2) is 76.9 Å². The fourth-order valence-electron chi connectivity index (χ4n) is 12.0. The number of hydrogen-bond acceptors (Lipinski definition) is 6. The van der Waals surface area contributed by atoms with Crippen LogP contribution in [-0.4, -0.2) is 58.8 Å². The topological polar surface area (TPSA) is 112 Å². The highest BCUT2D eigenvalue weighted by molar-refractivity contribution is 6.08. The summed E-state index contributed by atoms with van der Waals surface area (Å²) in [5.41, 5.74) is 2.52. The number of rotatable bonds is 8. The maximum atomic E-state index is 14.6. The number of carbonyl (C=O) groups excluding carboxylic acids is 2. The Hall–Kier alpha value is -3.88. The molecule has 6 bridgehead atoms. The molecule has 0 aliphatic heterocycles. The molecule has 2 aromatic carbocycles. The zero-order valence-corrected chi connectivity index (χ0v) is 32.3. The Labute approximate surface area is 320 Å². The van der Waals surface area contributed by atoms with Gasteiger partial charge in [-0.3, -0.25) is 4.79 Å². The van der Waals surface area contributed by atoms with Gasteiger partial charge >= 0.3 is 6.03 Å². The van der Waals surface area contributed by atoms with E-state index in [1.165, 1.54) is 31.1 Å². The average Bonchev–Trinajstić information content (AvgIpc) is 3.76. The molecular formula is C46H58N2O6. The molecular weight excluding hydrogens is 677 g/mol. The van der Waals surface area contributed by atoms with Gasteiger partial charge in [0.1, 0.15) is 5.75 Å². The lowest BCUT2D eigenvalue weighted by molar-refractivity contribution is -0.0975. The Kier molecular flexibility index (Phi) is 10.1. The molecule has 0 spiro atoms. The standard InChI is InChI=1S/C46H58N2O6/c1-30-6-4-17-44(2)40(38-15-9-31(23-36(49)12-8-30)24-39(38)42(50)41-7-5-19-54-41)16-18-46(44,52)29-48(43(51)47-35-10-13-37(53-3)14-11-35)28-45-25-32-20-33(26-45)22-34(21-32)27-45/h5-7,9-11,13-15,19,24,32-34,36,40,49,52H,4,8,12,16-18,20-23,25-29H2,1-3H3,(H,47,51). The number of aliphatic hydroxyl groups is 2. The maximum absolute atomic E-state index is 14.6. The number of furan rings is 1. The van der Waals surface area contributed by atoms with Crippen LogP contribution in [0.5, 0.6) is 5.75 Å². The van der Waals surface area contributed by atoms with Crippen LogP contribution in [0, 0.1) is 28.6 Å². The normalized spacial score (nSPS) is 33.1. The second-order valence-electron chi connectivity index (χ2n) is 18.2. The number of urea groups is 1. The van der Waals surface area contributed by atoms with Gasteiger partial charge in [-0.15, -0.1) is 0 Å². The number of anilines is 1. The van der Waals surface area contributed by atoms with Gasteiger partial charge in [0.2, 0.25) is 5.78 Å². The molecule has 3 N–H and O–H groups in total. The van der Waals surface area contributed by atoms with Gasteiger partial charge in [0, 0.05) is 23.2 Å². The summed E-state index contributed by atoms with van der Waals surface area (Å²) in [6.45, 7) is 5.19. The predicted molar refractivity (Wildman–Crippen MR) is 210 cm³/mol. The van der Waals surface area contributed by atoms with Crippen LogP contribution in [0.25, 0.3) is 0 Å². The minimum atomic E-state index is -1.21. The van der Waals surface area contributed by atoms with E-state index in [4.69, 9.17) is 9.15 Å². The predicted octanol–water partition coefficient (Wildman–Crippen LogP) is 9.31. The summed E-state index contributed by atoms with van der Waals surface area (Å²) < 4.78 is 11.0. The van der Waals surface area contributed by atoms with Gasteiger partial charge in [-0.1, -0.05) is 30.7 Å². The number of benzene rings is 2. The first-order chi connectivity index (χ1) is 25.9. The lowest BCUT2D eigenvalue weighted by Crippen LogP contribution is -2.58. The number of nitrogens with one attached hydrogen (secondary N) is 1. The Bertz CT molecular complexity index is 1830. The van der Waals surface area contributed by atoms with Gasteiger partial charge in [-0.25, -0.2) is 4.79 Å². The fourth-order valence-corrected chi connectivity index (χ4v) is 12.0. The van der Waals surface area contributed by atoms with E-state index < -0.39 is 17.1 Å². The van der Waals surface area contributed by atoms with Crippen LogP contribution < -0.4 is 10.1 Å². The first kappa shape index (κ1) is 37.1. The number of amides is 2. The molecule has 7 aliphatic carbocycles. The van der Waals surface area contributed by atoms with Crippen molar-refractivity contribution >= 4 is 17.5 Å². The van der Waals surface area contributed by atoms with Crippen molar-refractivity contribution in [3.63, 3.8) is 0 Å². The monoisotopic (exact) mass is 734 g/mol. The summed E-state index contributed by atoms with van der Waals surface area (Å²) in [7, 11) is 1.63. The molecule has 1 aromatic heterocycles. The fraction of sp³-hybridized carbons (Fsp3) is 0.565. The molecule has 5 fully saturated rings. The first-order valence-electron chi connectivity index (χ1n) is 20.4. The first-order valence-corrected chi connectivity index (χ1v) is 20.4. The Morgan fingerprint density at radius 3 is 2.35 bits per heavy atom. The number of allylic oxidation sites excluding steroid dienone is 2. The van der Waals surface area contributed by atoms with Gasteiger partial charge in [0.15, 0.2) is 5.76 Å². The van der Waals surface area contributed by atoms with Gasteiger partial charge in [-0.2, -0.15) is 0 Å². The largest absolute Gasteiger partial charge is 0.497 e. The third kappa shape index (κ3) is 7.16. The lowest BCUT2D eigenvalue weighted by atomic mass is 9.49. The highest BCUT2D eigenvalue weighted by atomic mass is 16.5. The highest BCUT2D eigenvalue weighted by Crippen LogP contribution is 2.62. The minimum Gasteiger partial charge on any atom is -0.497 e. The van der Waals surface area contributed by atoms with Gasteiger partial charge in [-0.05, 0) is 173 Å². The Morgan fingerprint density at radius 1 is 0.963 bits per heavy atom. The smallest absolute Gasteiger partial charge is 0.321 e. The molecule has 4 atom stereocenters. The molecule has 54 heavy (non-hydrogen) atoms. The molecule has 0 radical (unpaired) electrons. The molecule has 3 aromatic rings. The van der Waals surface area contributed by atoms with Crippen molar-refractivity contribution in [2.75, 3.05) is 25.5 Å². The number of nitrogens with zero attached hydrogens (tertiary/aromatic N) is 1. The van der Waals surface area contributed by atoms with Crippen LogP contribution in [0.2, 0.25) is 0 Å². The number of aliphatic hydroxyl groups excluding tert-OH is 1. The molecule has 2 amide bonds.